The summed E-state index contributed by atoms with van der Waals surface area (Å²) in [6.45, 7) is 3.69. The summed E-state index contributed by atoms with van der Waals surface area (Å²) >= 11 is 1.72. The molecular formula is C26H26N4O2S. The Kier molecular flexibility index (Phi) is 6.62. The van der Waals surface area contributed by atoms with Crippen molar-refractivity contribution in [3.63, 3.8) is 0 Å². The van der Waals surface area contributed by atoms with Crippen molar-refractivity contribution in [1.82, 2.24) is 20.0 Å². The van der Waals surface area contributed by atoms with Gasteiger partial charge in [0.25, 0.3) is 5.91 Å². The fourth-order valence-corrected chi connectivity index (χ4v) is 4.99. The first-order chi connectivity index (χ1) is 16.3. The fourth-order valence-electron chi connectivity index (χ4n) is 4.13. The Balaban J connectivity index is 1.42. The van der Waals surface area contributed by atoms with Gasteiger partial charge in [0, 0.05) is 36.3 Å². The number of hydrogen-bond acceptors (Lipinski definition) is 5. The monoisotopic (exact) mass is 458 g/mol. The molecule has 0 radical (unpaired) electrons. The first kappa shape index (κ1) is 21.6. The summed E-state index contributed by atoms with van der Waals surface area (Å²) in [6.07, 6.45) is 1.82. The minimum atomic E-state index is -0.120. The molecule has 1 atom stereocenters. The van der Waals surface area contributed by atoms with E-state index in [-0.39, 0.29) is 11.9 Å². The zero-order valence-corrected chi connectivity index (χ0v) is 19.1. The number of ether oxygens (including phenoxy) is 1. The molecule has 1 fully saturated rings. The zero-order valence-electron chi connectivity index (χ0n) is 18.3. The summed E-state index contributed by atoms with van der Waals surface area (Å²) in [5.41, 5.74) is 3.08. The van der Waals surface area contributed by atoms with Crippen molar-refractivity contribution in [3.05, 3.63) is 94.8 Å². The van der Waals surface area contributed by atoms with Crippen molar-refractivity contribution in [2.75, 3.05) is 32.8 Å². The van der Waals surface area contributed by atoms with Gasteiger partial charge in [0.1, 0.15) is 5.69 Å². The average Bonchev–Trinajstić information content (AvgIpc) is 3.57. The molecule has 0 aliphatic carbocycles. The van der Waals surface area contributed by atoms with Crippen LogP contribution in [0.15, 0.2) is 84.4 Å². The number of aromatic nitrogens is 2. The predicted octanol–water partition coefficient (Wildman–Crippen LogP) is 4.40. The quantitative estimate of drug-likeness (QED) is 0.446. The molecule has 5 rings (SSSR count). The minimum absolute atomic E-state index is 0.120. The van der Waals surface area contributed by atoms with E-state index in [9.17, 15) is 4.79 Å². The maximum Gasteiger partial charge on any atom is 0.255 e. The summed E-state index contributed by atoms with van der Waals surface area (Å²) in [4.78, 5) is 17.1. The lowest BCUT2D eigenvalue weighted by molar-refractivity contribution is 0.0169. The van der Waals surface area contributed by atoms with Crippen LogP contribution in [0.4, 0.5) is 0 Å². The highest BCUT2D eigenvalue weighted by atomic mass is 32.1. The van der Waals surface area contributed by atoms with E-state index in [1.165, 1.54) is 4.88 Å². The second-order valence-corrected chi connectivity index (χ2v) is 8.91. The smallest absolute Gasteiger partial charge is 0.255 e. The van der Waals surface area contributed by atoms with Gasteiger partial charge in [-0.05, 0) is 23.6 Å². The number of amides is 1. The Morgan fingerprint density at radius 3 is 2.42 bits per heavy atom. The van der Waals surface area contributed by atoms with Crippen LogP contribution in [0.1, 0.15) is 21.3 Å². The van der Waals surface area contributed by atoms with Crippen LogP contribution in [-0.4, -0.2) is 53.4 Å². The molecule has 1 aliphatic heterocycles. The molecule has 1 amide bonds. The highest BCUT2D eigenvalue weighted by molar-refractivity contribution is 7.10. The number of thiophene rings is 1. The van der Waals surface area contributed by atoms with Gasteiger partial charge in [-0.25, -0.2) is 4.68 Å². The maximum atomic E-state index is 13.4. The molecule has 6 nitrogen and oxygen atoms in total. The normalized spacial score (nSPS) is 15.3. The van der Waals surface area contributed by atoms with Crippen LogP contribution < -0.4 is 5.32 Å². The third kappa shape index (κ3) is 4.90. The van der Waals surface area contributed by atoms with E-state index in [1.54, 1.807) is 16.0 Å². The Labute approximate surface area is 197 Å². The van der Waals surface area contributed by atoms with E-state index in [0.29, 0.717) is 17.8 Å². The topological polar surface area (TPSA) is 59.4 Å². The van der Waals surface area contributed by atoms with Crippen LogP contribution in [0.3, 0.4) is 0 Å². The average molecular weight is 459 g/mol. The van der Waals surface area contributed by atoms with Crippen molar-refractivity contribution in [2.24, 2.45) is 0 Å². The Morgan fingerprint density at radius 1 is 1.00 bits per heavy atom. The van der Waals surface area contributed by atoms with Gasteiger partial charge in [-0.3, -0.25) is 9.69 Å². The molecule has 1 N–H and O–H groups in total. The van der Waals surface area contributed by atoms with E-state index in [4.69, 9.17) is 9.84 Å². The van der Waals surface area contributed by atoms with Crippen LogP contribution in [0.5, 0.6) is 0 Å². The van der Waals surface area contributed by atoms with Crippen molar-refractivity contribution in [1.29, 1.82) is 0 Å². The molecule has 2 aromatic heterocycles. The number of nitrogens with zero attached hydrogens (tertiary/aromatic N) is 3. The minimum Gasteiger partial charge on any atom is -0.379 e. The molecule has 4 aromatic rings. The molecule has 3 heterocycles. The molecular weight excluding hydrogens is 432 g/mol. The number of carbonyl (C=O) groups excluding carboxylic acids is 1. The van der Waals surface area contributed by atoms with Crippen molar-refractivity contribution in [2.45, 2.75) is 6.04 Å². The Hall–Kier alpha value is -3.26. The van der Waals surface area contributed by atoms with Gasteiger partial charge in [0.05, 0.1) is 30.5 Å². The van der Waals surface area contributed by atoms with Crippen LogP contribution in [-0.2, 0) is 4.74 Å². The second-order valence-electron chi connectivity index (χ2n) is 7.93. The van der Waals surface area contributed by atoms with E-state index in [2.05, 4.69) is 27.7 Å². The number of hydrogen-bond donors (Lipinski definition) is 1. The molecule has 0 bridgehead atoms. The number of morpholine rings is 1. The first-order valence-electron chi connectivity index (χ1n) is 11.1. The van der Waals surface area contributed by atoms with Crippen molar-refractivity contribution >= 4 is 17.2 Å². The third-order valence-corrected chi connectivity index (χ3v) is 6.81. The molecule has 1 aliphatic rings. The third-order valence-electron chi connectivity index (χ3n) is 5.84. The van der Waals surface area contributed by atoms with E-state index in [0.717, 1.165) is 37.6 Å². The molecule has 1 saturated heterocycles. The second kappa shape index (κ2) is 10.1. The highest BCUT2D eigenvalue weighted by Crippen LogP contribution is 2.27. The molecule has 168 valence electrons. The number of para-hydroxylation sites is 1. The van der Waals surface area contributed by atoms with E-state index >= 15 is 0 Å². The number of carbonyl (C=O) groups is 1. The van der Waals surface area contributed by atoms with Gasteiger partial charge >= 0.3 is 0 Å². The number of nitrogens with one attached hydrogen (secondary N) is 1. The van der Waals surface area contributed by atoms with Gasteiger partial charge in [-0.2, -0.15) is 5.10 Å². The molecule has 33 heavy (non-hydrogen) atoms. The Morgan fingerprint density at radius 2 is 1.73 bits per heavy atom. The van der Waals surface area contributed by atoms with Crippen LogP contribution in [0.25, 0.3) is 16.9 Å². The van der Waals surface area contributed by atoms with Gasteiger partial charge in [0.2, 0.25) is 0 Å². The standard InChI is InChI=1S/C26H26N4O2S/c31-26(27-18-23(24-12-7-17-33-24)29-13-15-32-16-14-29)22-19-30(21-10-5-2-6-11-21)28-25(22)20-8-3-1-4-9-20/h1-12,17,19,23H,13-16,18H2,(H,27,31)/t23-/m0/s1. The number of rotatable bonds is 7. The lowest BCUT2D eigenvalue weighted by atomic mass is 10.1. The predicted molar refractivity (Wildman–Crippen MR) is 131 cm³/mol. The van der Waals surface area contributed by atoms with Crippen LogP contribution >= 0.6 is 11.3 Å². The molecule has 0 spiro atoms. The van der Waals surface area contributed by atoms with E-state index < -0.39 is 0 Å². The van der Waals surface area contributed by atoms with Crippen molar-refractivity contribution < 1.29 is 9.53 Å². The molecule has 0 unspecified atom stereocenters. The van der Waals surface area contributed by atoms with Gasteiger partial charge < -0.3 is 10.1 Å². The van der Waals surface area contributed by atoms with Gasteiger partial charge in [0.15, 0.2) is 0 Å². The maximum absolute atomic E-state index is 13.4. The largest absolute Gasteiger partial charge is 0.379 e. The summed E-state index contributed by atoms with van der Waals surface area (Å²) in [5.74, 6) is -0.120. The van der Waals surface area contributed by atoms with Crippen molar-refractivity contribution in [3.8, 4) is 16.9 Å². The molecule has 7 heteroatoms. The lowest BCUT2D eigenvalue weighted by Crippen LogP contribution is -2.43. The first-order valence-corrected chi connectivity index (χ1v) is 12.0. The lowest BCUT2D eigenvalue weighted by Gasteiger charge is -2.34. The highest BCUT2D eigenvalue weighted by Gasteiger charge is 2.25. The zero-order chi connectivity index (χ0) is 22.5. The van der Waals surface area contributed by atoms with Crippen LogP contribution in [0.2, 0.25) is 0 Å². The van der Waals surface area contributed by atoms with Crippen LogP contribution in [0, 0.1) is 0 Å². The number of benzene rings is 2. The van der Waals surface area contributed by atoms with E-state index in [1.807, 2.05) is 66.9 Å². The van der Waals surface area contributed by atoms with Gasteiger partial charge in [-0.15, -0.1) is 11.3 Å². The summed E-state index contributed by atoms with van der Waals surface area (Å²) < 4.78 is 7.31. The SMILES string of the molecule is O=C(NC[C@@H](c1cccs1)N1CCOCC1)c1cn(-c2ccccc2)nc1-c1ccccc1. The summed E-state index contributed by atoms with van der Waals surface area (Å²) in [7, 11) is 0. The summed E-state index contributed by atoms with van der Waals surface area (Å²) in [5, 5.41) is 10.0. The molecule has 0 saturated carbocycles. The molecule has 2 aromatic carbocycles. The summed E-state index contributed by atoms with van der Waals surface area (Å²) in [6, 6.07) is 24.0. The fraction of sp³-hybridized carbons (Fsp3) is 0.231. The Bertz CT molecular complexity index is 1170. The van der Waals surface area contributed by atoms with Gasteiger partial charge in [-0.1, -0.05) is 54.6 Å².